The van der Waals surface area contributed by atoms with Crippen molar-refractivity contribution in [2.24, 2.45) is 0 Å². The topological polar surface area (TPSA) is 67.4 Å². The van der Waals surface area contributed by atoms with Crippen LogP contribution in [0.15, 0.2) is 36.5 Å². The van der Waals surface area contributed by atoms with E-state index < -0.39 is 0 Å². The normalized spacial score (nSPS) is 10.4. The molecule has 1 aromatic carbocycles. The maximum Gasteiger partial charge on any atom is 0.270 e. The average Bonchev–Trinajstić information content (AvgIpc) is 2.68. The van der Waals surface area contributed by atoms with Crippen molar-refractivity contribution in [3.05, 3.63) is 47.8 Å². The number of amides is 1. The van der Waals surface area contributed by atoms with Crippen molar-refractivity contribution in [2.45, 2.75) is 33.1 Å². The number of carbonyl (C=O) groups excluding carboxylic acids is 1. The number of nitrogens with zero attached hydrogens (tertiary/aromatic N) is 3. The lowest BCUT2D eigenvalue weighted by molar-refractivity contribution is 0.0949. The zero-order valence-electron chi connectivity index (χ0n) is 15.9. The van der Waals surface area contributed by atoms with Gasteiger partial charge < -0.3 is 15.0 Å². The van der Waals surface area contributed by atoms with E-state index in [0.29, 0.717) is 24.6 Å². The van der Waals surface area contributed by atoms with E-state index in [1.807, 2.05) is 24.3 Å². The average molecular weight is 356 g/mol. The molecule has 0 aliphatic rings. The second-order valence-electron chi connectivity index (χ2n) is 6.05. The van der Waals surface area contributed by atoms with E-state index >= 15 is 0 Å². The Morgan fingerprint density at radius 1 is 1.15 bits per heavy atom. The van der Waals surface area contributed by atoms with Crippen molar-refractivity contribution in [1.29, 1.82) is 0 Å². The third kappa shape index (κ3) is 5.44. The Morgan fingerprint density at radius 2 is 1.88 bits per heavy atom. The van der Waals surface area contributed by atoms with Crippen LogP contribution in [-0.2, 0) is 6.42 Å². The Kier molecular flexibility index (Phi) is 7.86. The summed E-state index contributed by atoms with van der Waals surface area (Å²) in [5.41, 5.74) is 1.46. The third-order valence-electron chi connectivity index (χ3n) is 4.02. The molecule has 1 N–H and O–H groups in total. The number of hydrogen-bond donors (Lipinski definition) is 1. The largest absolute Gasteiger partial charge is 0.496 e. The maximum absolute atomic E-state index is 12.4. The summed E-state index contributed by atoms with van der Waals surface area (Å²) in [4.78, 5) is 23.3. The number of anilines is 1. The molecule has 0 spiro atoms. The van der Waals surface area contributed by atoms with Crippen molar-refractivity contribution in [2.75, 3.05) is 31.6 Å². The second-order valence-corrected chi connectivity index (χ2v) is 6.05. The van der Waals surface area contributed by atoms with Crippen LogP contribution in [0.4, 0.5) is 5.95 Å². The molecule has 0 saturated heterocycles. The SMILES string of the molecule is CCCN(CCC)c1nccc(C(=O)NCCc2ccccc2OC)n1. The van der Waals surface area contributed by atoms with Gasteiger partial charge in [0, 0.05) is 25.8 Å². The monoisotopic (exact) mass is 356 g/mol. The summed E-state index contributed by atoms with van der Waals surface area (Å²) in [6, 6.07) is 9.47. The van der Waals surface area contributed by atoms with Gasteiger partial charge in [-0.05, 0) is 37.0 Å². The van der Waals surface area contributed by atoms with Crippen LogP contribution in [0.2, 0.25) is 0 Å². The van der Waals surface area contributed by atoms with Crippen LogP contribution in [0.25, 0.3) is 0 Å². The molecule has 6 heteroatoms. The molecular weight excluding hydrogens is 328 g/mol. The highest BCUT2D eigenvalue weighted by Crippen LogP contribution is 2.17. The lowest BCUT2D eigenvalue weighted by atomic mass is 10.1. The summed E-state index contributed by atoms with van der Waals surface area (Å²) in [6.45, 7) is 6.53. The van der Waals surface area contributed by atoms with Crippen molar-refractivity contribution < 1.29 is 9.53 Å². The smallest absolute Gasteiger partial charge is 0.270 e. The Balaban J connectivity index is 1.98. The summed E-state index contributed by atoms with van der Waals surface area (Å²) < 4.78 is 5.34. The van der Waals surface area contributed by atoms with Crippen LogP contribution in [-0.4, -0.2) is 42.6 Å². The second kappa shape index (κ2) is 10.4. The lowest BCUT2D eigenvalue weighted by Crippen LogP contribution is -2.30. The number of carbonyl (C=O) groups is 1. The minimum absolute atomic E-state index is 0.184. The summed E-state index contributed by atoms with van der Waals surface area (Å²) >= 11 is 0. The van der Waals surface area contributed by atoms with Crippen molar-refractivity contribution in [3.8, 4) is 5.75 Å². The van der Waals surface area contributed by atoms with E-state index in [9.17, 15) is 4.79 Å². The Hall–Kier alpha value is -2.63. The first kappa shape index (κ1) is 19.7. The van der Waals surface area contributed by atoms with E-state index in [-0.39, 0.29) is 5.91 Å². The summed E-state index contributed by atoms with van der Waals surface area (Å²) in [5.74, 6) is 1.27. The molecule has 0 bridgehead atoms. The molecule has 26 heavy (non-hydrogen) atoms. The fourth-order valence-corrected chi connectivity index (χ4v) is 2.79. The lowest BCUT2D eigenvalue weighted by Gasteiger charge is -2.21. The molecule has 2 rings (SSSR count). The van der Waals surface area contributed by atoms with Crippen LogP contribution in [0.3, 0.4) is 0 Å². The van der Waals surface area contributed by atoms with Gasteiger partial charge >= 0.3 is 0 Å². The fourth-order valence-electron chi connectivity index (χ4n) is 2.79. The van der Waals surface area contributed by atoms with E-state index in [2.05, 4.69) is 34.0 Å². The number of rotatable bonds is 10. The molecule has 2 aromatic rings. The number of para-hydroxylation sites is 1. The molecule has 0 saturated carbocycles. The molecule has 0 fully saturated rings. The van der Waals surface area contributed by atoms with Crippen LogP contribution < -0.4 is 15.0 Å². The van der Waals surface area contributed by atoms with Gasteiger partial charge in [0.25, 0.3) is 5.91 Å². The molecule has 0 radical (unpaired) electrons. The quantitative estimate of drug-likeness (QED) is 0.708. The van der Waals surface area contributed by atoms with Gasteiger partial charge in [0.1, 0.15) is 11.4 Å². The number of nitrogens with one attached hydrogen (secondary N) is 1. The van der Waals surface area contributed by atoms with Gasteiger partial charge in [-0.1, -0.05) is 32.0 Å². The van der Waals surface area contributed by atoms with E-state index in [0.717, 1.165) is 37.2 Å². The number of benzene rings is 1. The molecular formula is C20H28N4O2. The van der Waals surface area contributed by atoms with Crippen LogP contribution >= 0.6 is 0 Å². The molecule has 6 nitrogen and oxygen atoms in total. The summed E-state index contributed by atoms with van der Waals surface area (Å²) in [5, 5.41) is 2.93. The number of methoxy groups -OCH3 is 1. The molecule has 0 unspecified atom stereocenters. The van der Waals surface area contributed by atoms with Gasteiger partial charge in [-0.25, -0.2) is 9.97 Å². The predicted octanol–water partition coefficient (Wildman–Crippen LogP) is 3.08. The zero-order valence-corrected chi connectivity index (χ0v) is 15.9. The Labute approximate surface area is 155 Å². The molecule has 1 amide bonds. The first-order valence-corrected chi connectivity index (χ1v) is 9.17. The van der Waals surface area contributed by atoms with Gasteiger partial charge in [0.2, 0.25) is 5.95 Å². The standard InChI is InChI=1S/C20H28N4O2/c1-4-14-24(15-5-2)20-22-13-11-17(23-20)19(25)21-12-10-16-8-6-7-9-18(16)26-3/h6-9,11,13H,4-5,10,12,14-15H2,1-3H3,(H,21,25). The summed E-state index contributed by atoms with van der Waals surface area (Å²) in [6.07, 6.45) is 4.37. The van der Waals surface area contributed by atoms with Gasteiger partial charge in [-0.2, -0.15) is 0 Å². The summed E-state index contributed by atoms with van der Waals surface area (Å²) in [7, 11) is 1.65. The number of hydrogen-bond acceptors (Lipinski definition) is 5. The maximum atomic E-state index is 12.4. The van der Waals surface area contributed by atoms with Gasteiger partial charge in [0.05, 0.1) is 7.11 Å². The molecule has 1 aromatic heterocycles. The van der Waals surface area contributed by atoms with Gasteiger partial charge in [-0.3, -0.25) is 4.79 Å². The van der Waals surface area contributed by atoms with E-state index in [4.69, 9.17) is 4.74 Å². The minimum atomic E-state index is -0.184. The highest BCUT2D eigenvalue weighted by atomic mass is 16.5. The van der Waals surface area contributed by atoms with E-state index in [1.54, 1.807) is 19.4 Å². The van der Waals surface area contributed by atoms with Crippen molar-refractivity contribution in [1.82, 2.24) is 15.3 Å². The van der Waals surface area contributed by atoms with Gasteiger partial charge in [0.15, 0.2) is 0 Å². The molecule has 140 valence electrons. The van der Waals surface area contributed by atoms with Crippen molar-refractivity contribution in [3.63, 3.8) is 0 Å². The first-order chi connectivity index (χ1) is 12.7. The van der Waals surface area contributed by atoms with Crippen LogP contribution in [0.1, 0.15) is 42.7 Å². The first-order valence-electron chi connectivity index (χ1n) is 9.17. The Bertz CT molecular complexity index is 700. The van der Waals surface area contributed by atoms with Gasteiger partial charge in [-0.15, -0.1) is 0 Å². The van der Waals surface area contributed by atoms with E-state index in [1.165, 1.54) is 0 Å². The fraction of sp³-hybridized carbons (Fsp3) is 0.450. The molecule has 0 aliphatic heterocycles. The zero-order chi connectivity index (χ0) is 18.8. The number of ether oxygens (including phenoxy) is 1. The predicted molar refractivity (Wildman–Crippen MR) is 104 cm³/mol. The third-order valence-corrected chi connectivity index (χ3v) is 4.02. The molecule has 0 aliphatic carbocycles. The molecule has 0 atom stereocenters. The number of aromatic nitrogens is 2. The van der Waals surface area contributed by atoms with Crippen LogP contribution in [0, 0.1) is 0 Å². The highest BCUT2D eigenvalue weighted by molar-refractivity contribution is 5.92. The highest BCUT2D eigenvalue weighted by Gasteiger charge is 2.12. The van der Waals surface area contributed by atoms with Crippen molar-refractivity contribution >= 4 is 11.9 Å². The minimum Gasteiger partial charge on any atom is -0.496 e. The van der Waals surface area contributed by atoms with Crippen LogP contribution in [0.5, 0.6) is 5.75 Å². The Morgan fingerprint density at radius 3 is 2.58 bits per heavy atom. The molecule has 1 heterocycles.